The van der Waals surface area contributed by atoms with E-state index < -0.39 is 125 Å². The predicted octanol–water partition coefficient (Wildman–Crippen LogP) is 12.0. The van der Waals surface area contributed by atoms with E-state index in [1.54, 1.807) is 78.9 Å². The van der Waals surface area contributed by atoms with Crippen LogP contribution in [0.5, 0.6) is 34.5 Å². The van der Waals surface area contributed by atoms with Crippen LogP contribution < -0.4 is 9.47 Å². The van der Waals surface area contributed by atoms with Crippen LogP contribution in [0.25, 0.3) is 30.4 Å². The largest absolute Gasteiger partial charge is 0.504 e. The number of phenols is 4. The fraction of sp³-hybridized carbons (Fsp3) is 0.176. The Kier molecular flexibility index (Phi) is 37.1. The average molecular weight is 1630 g/mol. The van der Waals surface area contributed by atoms with Gasteiger partial charge in [-0.15, -0.1) is 0 Å². The number of ketones is 2. The van der Waals surface area contributed by atoms with Crippen molar-refractivity contribution in [2.24, 2.45) is 0 Å². The molecule has 0 amide bonds. The van der Waals surface area contributed by atoms with Crippen molar-refractivity contribution in [3.8, 4) is 34.5 Å². The summed E-state index contributed by atoms with van der Waals surface area (Å²) in [7, 11) is 0. The number of esters is 6. The Morgan fingerprint density at radius 2 is 0.647 bits per heavy atom. The van der Waals surface area contributed by atoms with E-state index >= 15 is 0 Å². The van der Waals surface area contributed by atoms with Gasteiger partial charge in [0.05, 0.1) is 0 Å². The lowest BCUT2D eigenvalue weighted by molar-refractivity contribution is -0.183. The highest BCUT2D eigenvalue weighted by atomic mass is 16.6. The molecular weight excluding hydrogens is 1540 g/mol. The van der Waals surface area contributed by atoms with Crippen LogP contribution in [-0.2, 0) is 108 Å². The van der Waals surface area contributed by atoms with Crippen LogP contribution in [0, 0.1) is 27.7 Å². The molecule has 618 valence electrons. The molecule has 119 heavy (non-hydrogen) atoms. The van der Waals surface area contributed by atoms with E-state index in [0.29, 0.717) is 41.4 Å². The van der Waals surface area contributed by atoms with Crippen LogP contribution in [0.15, 0.2) is 243 Å². The highest BCUT2D eigenvalue weighted by molar-refractivity contribution is 5.97. The lowest BCUT2D eigenvalue weighted by atomic mass is 10.1. The van der Waals surface area contributed by atoms with Gasteiger partial charge in [-0.3, -0.25) is 9.59 Å². The molecule has 0 saturated heterocycles. The first-order valence-electron chi connectivity index (χ1n) is 36.1. The van der Waals surface area contributed by atoms with Crippen molar-refractivity contribution in [1.29, 1.82) is 0 Å². The number of carbonyl (C=O) groups excluding carboxylic acids is 8. The number of phenolic OH excluding ortho intramolecular Hbond substituents is 4. The first-order chi connectivity index (χ1) is 56.7. The van der Waals surface area contributed by atoms with E-state index in [1.807, 2.05) is 131 Å². The van der Waals surface area contributed by atoms with Gasteiger partial charge in [-0.1, -0.05) is 170 Å². The molecule has 0 fully saturated rings. The van der Waals surface area contributed by atoms with Gasteiger partial charge in [-0.05, 0) is 187 Å². The van der Waals surface area contributed by atoms with Gasteiger partial charge >= 0.3 is 53.7 Å². The monoisotopic (exact) mass is 1630 g/mol. The summed E-state index contributed by atoms with van der Waals surface area (Å²) in [6.07, 6.45) is -0.437. The number of Topliss-reactive ketones (excluding diaryl/α,β-unsaturated/α-hetero) is 2. The number of carboxylic acids is 3. The summed E-state index contributed by atoms with van der Waals surface area (Å²) >= 11 is 0. The minimum absolute atomic E-state index is 0.0125. The fourth-order valence-corrected chi connectivity index (χ4v) is 9.97. The maximum Gasteiger partial charge on any atom is 0.352 e. The Morgan fingerprint density at radius 1 is 0.311 bits per heavy atom. The van der Waals surface area contributed by atoms with Gasteiger partial charge in [-0.2, -0.15) is 0 Å². The van der Waals surface area contributed by atoms with Crippen molar-refractivity contribution in [2.75, 3.05) is 0 Å². The normalized spacial score (nSPS) is 12.4. The maximum absolute atomic E-state index is 13.4. The summed E-state index contributed by atoms with van der Waals surface area (Å²) in [4.78, 5) is 132. The molecule has 9 rings (SSSR count). The van der Waals surface area contributed by atoms with Gasteiger partial charge in [-0.25, -0.2) is 43.2 Å². The number of aliphatic hydroxyl groups excluding tert-OH is 2. The quantitative estimate of drug-likeness (QED) is 0.00798. The number of aliphatic hydroxyl groups is 2. The van der Waals surface area contributed by atoms with Crippen molar-refractivity contribution in [3.05, 3.63) is 315 Å². The number of hydrogen-bond donors (Lipinski definition) is 9. The number of rotatable bonds is 33. The third-order valence-corrected chi connectivity index (χ3v) is 16.5. The van der Waals surface area contributed by atoms with E-state index in [1.165, 1.54) is 35.4 Å². The number of carbonyl (C=O) groups is 11. The van der Waals surface area contributed by atoms with Crippen molar-refractivity contribution < 1.29 is 137 Å². The van der Waals surface area contributed by atoms with Crippen molar-refractivity contribution in [1.82, 2.24) is 0 Å². The zero-order chi connectivity index (χ0) is 87.1. The van der Waals surface area contributed by atoms with Crippen LogP contribution in [0.1, 0.15) is 86.2 Å². The molecule has 0 saturated carbocycles. The van der Waals surface area contributed by atoms with Gasteiger partial charge < -0.3 is 83.9 Å². The molecule has 0 aromatic heterocycles. The maximum atomic E-state index is 13.4. The van der Waals surface area contributed by atoms with E-state index in [0.717, 1.165) is 114 Å². The van der Waals surface area contributed by atoms with Crippen molar-refractivity contribution in [3.63, 3.8) is 0 Å². The second kappa shape index (κ2) is 47.6. The van der Waals surface area contributed by atoms with Gasteiger partial charge in [0, 0.05) is 30.4 Å². The summed E-state index contributed by atoms with van der Waals surface area (Å²) < 4.78 is 42.3. The summed E-state index contributed by atoms with van der Waals surface area (Å²) in [5, 5.41) is 82.8. The molecular formula is C91H86O28. The zero-order valence-corrected chi connectivity index (χ0v) is 65.1. The zero-order valence-electron chi connectivity index (χ0n) is 65.1. The van der Waals surface area contributed by atoms with Crippen molar-refractivity contribution >= 4 is 95.7 Å². The van der Waals surface area contributed by atoms with E-state index in [4.69, 9.17) is 38.6 Å². The van der Waals surface area contributed by atoms with Crippen LogP contribution in [0.3, 0.4) is 0 Å². The Labute approximate surface area is 683 Å². The predicted molar refractivity (Wildman–Crippen MR) is 433 cm³/mol. The summed E-state index contributed by atoms with van der Waals surface area (Å²) in [5.74, 6) is -13.2. The SMILES string of the molecule is CC(=O)C(O)C(O)C(=O)OCc1ccccc1.CC(=O)C(OC(=O)/C=C/c1ccc(OCc2ccccc2)c(C)c1)C(OC(=O)/C=C/c1ccc(C)c(OCc2ccccc2)c1)C(=O)OCc1ccccc1.Cc1ccc(/C=C/C(=O)O)cc1C.O=C(/C=C/c1ccc(O)c(O)c1)OC(C(=O)O)C(OC(=O)/C=C/c1ccc(O)c(O)c1)C(=O)O. The van der Waals surface area contributed by atoms with Crippen LogP contribution in [-0.4, -0.2) is 148 Å². The van der Waals surface area contributed by atoms with Gasteiger partial charge in [0.1, 0.15) is 44.0 Å². The van der Waals surface area contributed by atoms with Gasteiger partial charge in [0.2, 0.25) is 24.4 Å². The molecule has 28 nitrogen and oxygen atoms in total. The molecule has 0 aliphatic carbocycles. The third-order valence-electron chi connectivity index (χ3n) is 16.5. The molecule has 0 spiro atoms. The van der Waals surface area contributed by atoms with Crippen molar-refractivity contribution in [2.45, 2.75) is 105 Å². The molecule has 0 radical (unpaired) electrons. The number of carboxylic acid groups (broad SMARTS) is 3. The molecule has 6 atom stereocenters. The lowest BCUT2D eigenvalue weighted by Crippen LogP contribution is -2.45. The number of hydrogen-bond acceptors (Lipinski definition) is 25. The van der Waals surface area contributed by atoms with E-state index in [2.05, 4.69) is 9.47 Å². The second-order valence-electron chi connectivity index (χ2n) is 25.8. The Morgan fingerprint density at radius 3 is 1.03 bits per heavy atom. The van der Waals surface area contributed by atoms with Crippen LogP contribution >= 0.6 is 0 Å². The number of aromatic hydroxyl groups is 4. The molecule has 9 aromatic rings. The third kappa shape index (κ3) is 32.8. The molecule has 9 aromatic carbocycles. The second-order valence-corrected chi connectivity index (χ2v) is 25.8. The Bertz CT molecular complexity index is 5060. The number of ether oxygens (including phenoxy) is 8. The fourth-order valence-electron chi connectivity index (χ4n) is 9.97. The number of benzene rings is 9. The highest BCUT2D eigenvalue weighted by Crippen LogP contribution is 2.29. The average Bonchev–Trinajstić information content (AvgIpc) is 0.853. The first kappa shape index (κ1) is 92.8. The smallest absolute Gasteiger partial charge is 0.352 e. The van der Waals surface area contributed by atoms with E-state index in [9.17, 15) is 88.5 Å². The Balaban J connectivity index is 0.000000287. The summed E-state index contributed by atoms with van der Waals surface area (Å²) in [6.45, 7) is 10.6. The van der Waals surface area contributed by atoms with Crippen LogP contribution in [0.2, 0.25) is 0 Å². The molecule has 0 bridgehead atoms. The minimum atomic E-state index is -2.40. The summed E-state index contributed by atoms with van der Waals surface area (Å²) in [6, 6.07) is 60.9. The number of aryl methyl sites for hydroxylation is 4. The topological polar surface area (TPSA) is 444 Å². The lowest BCUT2D eigenvalue weighted by Gasteiger charge is -2.23. The highest BCUT2D eigenvalue weighted by Gasteiger charge is 2.41. The minimum Gasteiger partial charge on any atom is -0.504 e. The molecule has 28 heteroatoms. The molecule has 0 aliphatic heterocycles. The standard InChI is InChI=1S/C46H42O9.C22H18O12.C12H14O5.C11H12O2/c1-32-19-20-36(28-41(32)52-30-38-15-9-5-10-16-38)23-26-43(49)55-45(46(50)53-31-39-17-11-6-12-18-39)44(34(3)47)54-42(48)25-22-35-21-24-40(33(2)27-35)51-29-37-13-7-4-8-14-37;23-13-5-1-11(9-15(13)25)3-7-17(27)33-19(21(29)30)20(22(31)32)34-18(28)8-4-12-2-6-14(24)16(26)10-12;1-8(13)10(14)11(15)12(16)17-7-9-5-3-2-4-6-9;1-8-3-4-10(7-9(8)2)5-6-11(12)13/h4-28,44-45H,29-31H2,1-3H3;1-10,19-20,23-26H,(H,29,30)(H,31,32);2-6,10-11,14-15H,7H2,1H3;3-7H,1-2H3,(H,12,13)/b25-22+,26-23+;7-3+,8-4+;;6-5+. The molecule has 9 N–H and O–H groups in total. The van der Waals surface area contributed by atoms with Gasteiger partial charge in [0.25, 0.3) is 0 Å². The molecule has 6 unspecified atom stereocenters. The van der Waals surface area contributed by atoms with Gasteiger partial charge in [0.15, 0.2) is 40.7 Å². The summed E-state index contributed by atoms with van der Waals surface area (Å²) in [5.41, 5.74) is 10.3. The molecule has 0 aliphatic rings. The first-order valence-corrected chi connectivity index (χ1v) is 36.1. The van der Waals surface area contributed by atoms with Crippen LogP contribution in [0.4, 0.5) is 0 Å². The molecule has 0 heterocycles. The van der Waals surface area contributed by atoms with E-state index in [-0.39, 0.29) is 24.3 Å². The number of aliphatic carboxylic acids is 3. The Hall–Kier alpha value is -15.0.